The molecule has 9 atom stereocenters. The van der Waals surface area contributed by atoms with Crippen LogP contribution in [-0.2, 0) is 19.1 Å². The molecule has 290 valence electrons. The Hall–Kier alpha value is -1.46. The van der Waals surface area contributed by atoms with Crippen LogP contribution in [0.5, 0.6) is 0 Å². The molecule has 0 radical (unpaired) electrons. The molecule has 9 unspecified atom stereocenters. The number of unbranched alkanes of at least 4 members (excludes halogenated alkanes) is 15. The van der Waals surface area contributed by atoms with Crippen molar-refractivity contribution in [3.63, 3.8) is 0 Å². The van der Waals surface area contributed by atoms with Gasteiger partial charge in [-0.25, -0.2) is 0 Å². The van der Waals surface area contributed by atoms with Crippen LogP contribution in [0.3, 0.4) is 0 Å². The number of hydrogen-bond donors (Lipinski definition) is 9. The van der Waals surface area contributed by atoms with Gasteiger partial charge >= 0.3 is 5.97 Å². The lowest BCUT2D eigenvalue weighted by Gasteiger charge is -2.42. The minimum absolute atomic E-state index is 0.179. The summed E-state index contributed by atoms with van der Waals surface area (Å²) in [5, 5.41) is 91.0. The molecule has 9 N–H and O–H groups in total. The van der Waals surface area contributed by atoms with Crippen LogP contribution < -0.4 is 0 Å². The summed E-state index contributed by atoms with van der Waals surface area (Å²) in [6.07, 6.45) is 1.92. The van der Waals surface area contributed by atoms with E-state index in [1.165, 1.54) is 37.0 Å². The number of ether oxygens (including phenoxy) is 2. The van der Waals surface area contributed by atoms with Crippen LogP contribution in [-0.4, -0.2) is 144 Å². The molecule has 1 heterocycles. The number of aliphatic carboxylic acids is 1. The molecule has 14 nitrogen and oxygen atoms in total. The highest BCUT2D eigenvalue weighted by molar-refractivity contribution is 5.76. The van der Waals surface area contributed by atoms with E-state index in [1.807, 2.05) is 0 Å². The van der Waals surface area contributed by atoms with Crippen molar-refractivity contribution in [3.05, 3.63) is 0 Å². The number of aliphatic hydroxyl groups is 8. The molecule has 0 bridgehead atoms. The Morgan fingerprint density at radius 2 is 1.20 bits per heavy atom. The molecule has 1 saturated heterocycles. The van der Waals surface area contributed by atoms with Crippen LogP contribution in [0, 0.1) is 0 Å². The van der Waals surface area contributed by atoms with E-state index in [2.05, 4.69) is 6.92 Å². The number of carboxylic acid groups (broad SMARTS) is 1. The molecule has 49 heavy (non-hydrogen) atoms. The van der Waals surface area contributed by atoms with Crippen molar-refractivity contribution in [2.75, 3.05) is 26.3 Å². The fourth-order valence-electron chi connectivity index (χ4n) is 6.09. The summed E-state index contributed by atoms with van der Waals surface area (Å²) in [5.41, 5.74) is 0. The van der Waals surface area contributed by atoms with Gasteiger partial charge in [-0.15, -0.1) is 0 Å². The third-order valence-electron chi connectivity index (χ3n) is 9.26. The second kappa shape index (κ2) is 27.2. The normalized spacial score (nSPS) is 23.6. The standard InChI is InChI=1S/C35H67NO13/c1-2-3-4-5-6-7-10-13-16-19-28(41)36(21-18-15-12-9-8-11-14-17-20-29(42)43)22-25(39)30(44)34(26(40)23-37)49-35-33(47)32(46)31(45)27(24-38)48-35/h25-27,30-35,37-40,44-47H,2-24H2,1H3,(H,42,43). The summed E-state index contributed by atoms with van der Waals surface area (Å²) in [6, 6.07) is 0. The Morgan fingerprint density at radius 3 is 1.71 bits per heavy atom. The van der Waals surface area contributed by atoms with Crippen molar-refractivity contribution < 1.29 is 65.0 Å². The largest absolute Gasteiger partial charge is 0.481 e. The van der Waals surface area contributed by atoms with E-state index < -0.39 is 74.3 Å². The highest BCUT2D eigenvalue weighted by Crippen LogP contribution is 2.25. The first-order chi connectivity index (χ1) is 23.5. The predicted molar refractivity (Wildman–Crippen MR) is 181 cm³/mol. The number of nitrogens with zero attached hydrogens (tertiary/aromatic N) is 1. The number of hydrogen-bond acceptors (Lipinski definition) is 12. The van der Waals surface area contributed by atoms with Gasteiger partial charge < -0.3 is 60.3 Å². The van der Waals surface area contributed by atoms with Crippen molar-refractivity contribution in [2.24, 2.45) is 0 Å². The molecule has 1 fully saturated rings. The second-order valence-electron chi connectivity index (χ2n) is 13.5. The van der Waals surface area contributed by atoms with E-state index in [-0.39, 0.29) is 25.3 Å². The minimum atomic E-state index is -1.86. The second-order valence-corrected chi connectivity index (χ2v) is 13.5. The van der Waals surface area contributed by atoms with Gasteiger partial charge in [-0.05, 0) is 19.3 Å². The maximum absolute atomic E-state index is 13.3. The number of aliphatic hydroxyl groups excluding tert-OH is 8. The monoisotopic (exact) mass is 709 g/mol. The number of carboxylic acids is 1. The summed E-state index contributed by atoms with van der Waals surface area (Å²) in [7, 11) is 0. The maximum atomic E-state index is 13.3. The maximum Gasteiger partial charge on any atom is 0.303 e. The topological polar surface area (TPSA) is 238 Å². The summed E-state index contributed by atoms with van der Waals surface area (Å²) in [5.74, 6) is -0.960. The van der Waals surface area contributed by atoms with Crippen LogP contribution in [0.15, 0.2) is 0 Å². The summed E-state index contributed by atoms with van der Waals surface area (Å²) < 4.78 is 10.8. The summed E-state index contributed by atoms with van der Waals surface area (Å²) >= 11 is 0. The Labute approximate surface area is 292 Å². The molecule has 1 amide bonds. The highest BCUT2D eigenvalue weighted by Gasteiger charge is 2.47. The van der Waals surface area contributed by atoms with E-state index in [0.29, 0.717) is 25.8 Å². The van der Waals surface area contributed by atoms with Gasteiger partial charge in [0, 0.05) is 25.9 Å². The van der Waals surface area contributed by atoms with E-state index >= 15 is 0 Å². The van der Waals surface area contributed by atoms with Gasteiger partial charge in [-0.2, -0.15) is 0 Å². The van der Waals surface area contributed by atoms with Crippen molar-refractivity contribution in [2.45, 2.75) is 184 Å². The fourth-order valence-corrected chi connectivity index (χ4v) is 6.09. The molecule has 0 saturated carbocycles. The van der Waals surface area contributed by atoms with Crippen LogP contribution in [0.25, 0.3) is 0 Å². The quantitative estimate of drug-likeness (QED) is 0.0483. The number of amides is 1. The molecular weight excluding hydrogens is 642 g/mol. The van der Waals surface area contributed by atoms with E-state index in [1.54, 1.807) is 0 Å². The Kier molecular flexibility index (Phi) is 25.3. The zero-order valence-electron chi connectivity index (χ0n) is 29.6. The molecule has 1 aliphatic rings. The zero-order valence-corrected chi connectivity index (χ0v) is 29.6. The molecule has 0 aromatic carbocycles. The first kappa shape index (κ1) is 45.6. The third-order valence-corrected chi connectivity index (χ3v) is 9.26. The van der Waals surface area contributed by atoms with Gasteiger partial charge in [-0.1, -0.05) is 96.8 Å². The molecular formula is C35H67NO13. The lowest BCUT2D eigenvalue weighted by molar-refractivity contribution is -0.327. The average Bonchev–Trinajstić information content (AvgIpc) is 3.08. The highest BCUT2D eigenvalue weighted by atomic mass is 16.7. The van der Waals surface area contributed by atoms with Gasteiger partial charge in [0.05, 0.1) is 13.2 Å². The smallest absolute Gasteiger partial charge is 0.303 e. The first-order valence-corrected chi connectivity index (χ1v) is 18.6. The molecule has 0 spiro atoms. The first-order valence-electron chi connectivity index (χ1n) is 18.6. The Bertz CT molecular complexity index is 850. The average molecular weight is 710 g/mol. The van der Waals surface area contributed by atoms with Gasteiger partial charge in [0.15, 0.2) is 6.29 Å². The van der Waals surface area contributed by atoms with Crippen molar-refractivity contribution >= 4 is 11.9 Å². The van der Waals surface area contributed by atoms with Crippen molar-refractivity contribution in [1.29, 1.82) is 0 Å². The minimum Gasteiger partial charge on any atom is -0.481 e. The Morgan fingerprint density at radius 1 is 0.694 bits per heavy atom. The van der Waals surface area contributed by atoms with Gasteiger partial charge in [-0.3, -0.25) is 9.59 Å². The third kappa shape index (κ3) is 18.6. The van der Waals surface area contributed by atoms with Crippen molar-refractivity contribution in [3.8, 4) is 0 Å². The van der Waals surface area contributed by atoms with Gasteiger partial charge in [0.2, 0.25) is 5.91 Å². The van der Waals surface area contributed by atoms with Crippen LogP contribution in [0.1, 0.15) is 129 Å². The lowest BCUT2D eigenvalue weighted by atomic mass is 9.98. The number of rotatable bonds is 30. The van der Waals surface area contributed by atoms with Crippen molar-refractivity contribution in [1.82, 2.24) is 4.90 Å². The SMILES string of the molecule is CCCCCCCCCCCC(=O)N(CCCCCCCCCCC(=O)O)CC(O)C(O)C(OC1OC(CO)C(O)C(O)C1O)C(O)CO. The van der Waals surface area contributed by atoms with Crippen LogP contribution in [0.4, 0.5) is 0 Å². The van der Waals surface area contributed by atoms with E-state index in [0.717, 1.165) is 57.8 Å². The van der Waals surface area contributed by atoms with E-state index in [9.17, 15) is 50.4 Å². The number of carbonyl (C=O) groups is 2. The van der Waals surface area contributed by atoms with Gasteiger partial charge in [0.25, 0.3) is 0 Å². The summed E-state index contributed by atoms with van der Waals surface area (Å²) in [6.45, 7) is 0.608. The predicted octanol–water partition coefficient (Wildman–Crippen LogP) is 1.59. The van der Waals surface area contributed by atoms with Crippen LogP contribution in [0.2, 0.25) is 0 Å². The Balaban J connectivity index is 2.78. The lowest BCUT2D eigenvalue weighted by Crippen LogP contribution is -2.61. The molecule has 0 aliphatic carbocycles. The summed E-state index contributed by atoms with van der Waals surface area (Å²) in [4.78, 5) is 25.5. The molecule has 0 aromatic heterocycles. The zero-order chi connectivity index (χ0) is 36.6. The molecule has 14 heteroatoms. The van der Waals surface area contributed by atoms with E-state index in [4.69, 9.17) is 14.6 Å². The number of carbonyl (C=O) groups excluding carboxylic acids is 1. The fraction of sp³-hybridized carbons (Fsp3) is 0.943. The molecule has 0 aromatic rings. The van der Waals surface area contributed by atoms with Crippen LogP contribution >= 0.6 is 0 Å². The molecule has 1 aliphatic heterocycles. The molecule has 1 rings (SSSR count). The van der Waals surface area contributed by atoms with Gasteiger partial charge in [0.1, 0.15) is 48.8 Å².